The van der Waals surface area contributed by atoms with E-state index in [1.807, 2.05) is 25.1 Å². The summed E-state index contributed by atoms with van der Waals surface area (Å²) >= 11 is 2.17. The molecule has 5 heteroatoms. The van der Waals surface area contributed by atoms with Gasteiger partial charge in [0.15, 0.2) is 0 Å². The lowest BCUT2D eigenvalue weighted by Gasteiger charge is -2.12. The second-order valence-electron chi connectivity index (χ2n) is 4.16. The van der Waals surface area contributed by atoms with Gasteiger partial charge in [-0.05, 0) is 59.8 Å². The molecule has 2 aromatic rings. The van der Waals surface area contributed by atoms with Gasteiger partial charge in [0.05, 0.1) is 11.3 Å². The molecule has 0 atom stereocenters. The van der Waals surface area contributed by atoms with Gasteiger partial charge in [-0.1, -0.05) is 12.1 Å². The summed E-state index contributed by atoms with van der Waals surface area (Å²) in [5, 5.41) is 5.66. The third-order valence-corrected chi connectivity index (χ3v) is 3.37. The van der Waals surface area contributed by atoms with Gasteiger partial charge in [0.1, 0.15) is 5.82 Å². The Morgan fingerprint density at radius 3 is 2.70 bits per heavy atom. The maximum absolute atomic E-state index is 13.8. The summed E-state index contributed by atoms with van der Waals surface area (Å²) in [7, 11) is 0. The van der Waals surface area contributed by atoms with E-state index < -0.39 is 5.82 Å². The summed E-state index contributed by atoms with van der Waals surface area (Å²) in [6, 6.07) is 11.9. The number of hydrogen-bond acceptors (Lipinski definition) is 2. The number of benzene rings is 2. The lowest BCUT2D eigenvalue weighted by atomic mass is 10.1. The lowest BCUT2D eigenvalue weighted by molar-refractivity contribution is 0.102. The van der Waals surface area contributed by atoms with E-state index in [2.05, 4.69) is 33.2 Å². The second-order valence-corrected chi connectivity index (χ2v) is 5.40. The minimum absolute atomic E-state index is 0.234. The molecule has 0 unspecified atom stereocenters. The van der Waals surface area contributed by atoms with Crippen molar-refractivity contribution in [3.05, 3.63) is 57.4 Å². The summed E-state index contributed by atoms with van der Waals surface area (Å²) < 4.78 is 14.8. The van der Waals surface area contributed by atoms with Gasteiger partial charge in [-0.15, -0.1) is 0 Å². The van der Waals surface area contributed by atoms with Gasteiger partial charge in [0, 0.05) is 15.8 Å². The molecule has 1 amide bonds. The van der Waals surface area contributed by atoms with Crippen molar-refractivity contribution in [3.63, 3.8) is 0 Å². The van der Waals surface area contributed by atoms with Crippen LogP contribution in [-0.4, -0.2) is 12.5 Å². The van der Waals surface area contributed by atoms with Crippen LogP contribution >= 0.6 is 22.6 Å². The first-order chi connectivity index (χ1) is 9.61. The fourth-order valence-corrected chi connectivity index (χ4v) is 2.38. The monoisotopic (exact) mass is 384 g/mol. The van der Waals surface area contributed by atoms with Gasteiger partial charge < -0.3 is 10.6 Å². The Morgan fingerprint density at radius 1 is 1.25 bits per heavy atom. The minimum Gasteiger partial charge on any atom is -0.382 e. The molecule has 0 heterocycles. The fourth-order valence-electron chi connectivity index (χ4n) is 1.83. The zero-order chi connectivity index (χ0) is 14.5. The standard InChI is InChI=1S/C15H14FIN2O/c1-2-18-14-12(7-4-8-13(14)16)15(20)19-11-6-3-5-10(17)9-11/h3-9,18H,2H2,1H3,(H,19,20). The molecule has 3 nitrogen and oxygen atoms in total. The molecule has 0 spiro atoms. The number of nitrogens with one attached hydrogen (secondary N) is 2. The highest BCUT2D eigenvalue weighted by molar-refractivity contribution is 14.1. The molecule has 0 aliphatic carbocycles. The van der Waals surface area contributed by atoms with E-state index in [9.17, 15) is 9.18 Å². The molecule has 2 aromatic carbocycles. The molecule has 0 bridgehead atoms. The maximum atomic E-state index is 13.8. The topological polar surface area (TPSA) is 41.1 Å². The third kappa shape index (κ3) is 3.47. The molecule has 0 radical (unpaired) electrons. The van der Waals surface area contributed by atoms with E-state index in [0.29, 0.717) is 17.8 Å². The third-order valence-electron chi connectivity index (χ3n) is 2.69. The number of para-hydroxylation sites is 1. The molecule has 0 saturated heterocycles. The highest BCUT2D eigenvalue weighted by Crippen LogP contribution is 2.21. The van der Waals surface area contributed by atoms with Crippen LogP contribution < -0.4 is 10.6 Å². The van der Waals surface area contributed by atoms with Crippen molar-refractivity contribution < 1.29 is 9.18 Å². The van der Waals surface area contributed by atoms with E-state index in [1.54, 1.807) is 12.1 Å². The molecule has 104 valence electrons. The number of halogens is 2. The summed E-state index contributed by atoms with van der Waals surface area (Å²) in [4.78, 5) is 12.3. The average molecular weight is 384 g/mol. The quantitative estimate of drug-likeness (QED) is 0.779. The van der Waals surface area contributed by atoms with Crippen LogP contribution in [0.4, 0.5) is 15.8 Å². The highest BCUT2D eigenvalue weighted by atomic mass is 127. The van der Waals surface area contributed by atoms with Crippen LogP contribution in [0.5, 0.6) is 0 Å². The zero-order valence-electron chi connectivity index (χ0n) is 10.9. The van der Waals surface area contributed by atoms with Crippen LogP contribution in [0.25, 0.3) is 0 Å². The Labute approximate surface area is 130 Å². The van der Waals surface area contributed by atoms with Gasteiger partial charge in [0.25, 0.3) is 5.91 Å². The summed E-state index contributed by atoms with van der Waals surface area (Å²) in [5.74, 6) is -0.760. The molecule has 0 aliphatic heterocycles. The number of amides is 1. The molecular weight excluding hydrogens is 370 g/mol. The number of anilines is 2. The largest absolute Gasteiger partial charge is 0.382 e. The van der Waals surface area contributed by atoms with Crippen molar-refractivity contribution in [2.75, 3.05) is 17.2 Å². The molecule has 2 N–H and O–H groups in total. The Morgan fingerprint density at radius 2 is 2.00 bits per heavy atom. The van der Waals surface area contributed by atoms with Crippen molar-refractivity contribution in [3.8, 4) is 0 Å². The Bertz CT molecular complexity index is 631. The van der Waals surface area contributed by atoms with E-state index in [4.69, 9.17) is 0 Å². The van der Waals surface area contributed by atoms with Crippen LogP contribution in [0, 0.1) is 9.39 Å². The molecule has 0 saturated carbocycles. The minimum atomic E-state index is -0.429. The van der Waals surface area contributed by atoms with Gasteiger partial charge in [0.2, 0.25) is 0 Å². The lowest BCUT2D eigenvalue weighted by Crippen LogP contribution is -2.15. The van der Waals surface area contributed by atoms with Crippen molar-refractivity contribution in [2.24, 2.45) is 0 Å². The summed E-state index contributed by atoms with van der Waals surface area (Å²) in [6.45, 7) is 2.40. The predicted octanol–water partition coefficient (Wildman–Crippen LogP) is 4.11. The van der Waals surface area contributed by atoms with Crippen LogP contribution in [0.1, 0.15) is 17.3 Å². The van der Waals surface area contributed by atoms with Crippen molar-refractivity contribution >= 4 is 39.9 Å². The van der Waals surface area contributed by atoms with Crippen molar-refractivity contribution in [1.29, 1.82) is 0 Å². The summed E-state index contributed by atoms with van der Waals surface area (Å²) in [5.41, 5.74) is 1.22. The van der Waals surface area contributed by atoms with Gasteiger partial charge in [-0.3, -0.25) is 4.79 Å². The number of hydrogen-bond donors (Lipinski definition) is 2. The van der Waals surface area contributed by atoms with Crippen molar-refractivity contribution in [1.82, 2.24) is 0 Å². The molecule has 2 rings (SSSR count). The molecule has 0 fully saturated rings. The molecule has 0 aliphatic rings. The zero-order valence-corrected chi connectivity index (χ0v) is 13.1. The van der Waals surface area contributed by atoms with Gasteiger partial charge >= 0.3 is 0 Å². The number of carbonyl (C=O) groups is 1. The maximum Gasteiger partial charge on any atom is 0.257 e. The normalized spacial score (nSPS) is 10.2. The van der Waals surface area contributed by atoms with Crippen molar-refractivity contribution in [2.45, 2.75) is 6.92 Å². The summed E-state index contributed by atoms with van der Waals surface area (Å²) in [6.07, 6.45) is 0. The highest BCUT2D eigenvalue weighted by Gasteiger charge is 2.14. The molecule has 20 heavy (non-hydrogen) atoms. The van der Waals surface area contributed by atoms with Crippen LogP contribution in [0.15, 0.2) is 42.5 Å². The number of rotatable bonds is 4. The predicted molar refractivity (Wildman–Crippen MR) is 87.7 cm³/mol. The Kier molecular flexibility index (Phi) is 4.94. The smallest absolute Gasteiger partial charge is 0.257 e. The van der Waals surface area contributed by atoms with Gasteiger partial charge in [-0.2, -0.15) is 0 Å². The van der Waals surface area contributed by atoms with E-state index >= 15 is 0 Å². The van der Waals surface area contributed by atoms with Crippen LogP contribution in [0.3, 0.4) is 0 Å². The number of carbonyl (C=O) groups excluding carboxylic acids is 1. The first-order valence-electron chi connectivity index (χ1n) is 6.21. The van der Waals surface area contributed by atoms with Crippen LogP contribution in [0.2, 0.25) is 0 Å². The average Bonchev–Trinajstić information content (AvgIpc) is 2.41. The second kappa shape index (κ2) is 6.69. The molecule has 0 aromatic heterocycles. The fraction of sp³-hybridized carbons (Fsp3) is 0.133. The van der Waals surface area contributed by atoms with E-state index in [-0.39, 0.29) is 11.6 Å². The Hall–Kier alpha value is -1.63. The van der Waals surface area contributed by atoms with E-state index in [1.165, 1.54) is 12.1 Å². The first-order valence-corrected chi connectivity index (χ1v) is 7.29. The van der Waals surface area contributed by atoms with Gasteiger partial charge in [-0.25, -0.2) is 4.39 Å². The van der Waals surface area contributed by atoms with E-state index in [0.717, 1.165) is 3.57 Å². The Balaban J connectivity index is 2.27. The SMILES string of the molecule is CCNc1c(F)cccc1C(=O)Nc1cccc(I)c1. The first kappa shape index (κ1) is 14.8. The van der Waals surface area contributed by atoms with Crippen LogP contribution in [-0.2, 0) is 0 Å². The molecular formula is C15H14FIN2O.